The van der Waals surface area contributed by atoms with Crippen molar-refractivity contribution in [3.8, 4) is 50.8 Å². The van der Waals surface area contributed by atoms with E-state index < -0.39 is 0 Å². The predicted octanol–water partition coefficient (Wildman–Crippen LogP) is 16.0. The molecule has 64 heavy (non-hydrogen) atoms. The molecule has 0 amide bonds. The zero-order valence-corrected chi connectivity index (χ0v) is 34.1. The standard InChI is InChI=1S/C60H42N4/c1-4-16-43(17-5-1)58-40-46-22-10-13-25-55(46)62(58)52-34-28-49(29-35-52)61(50-30-36-53(37-31-50)63-56-26-14-11-23-47(56)41-59(63)44-18-6-2-7-19-44)51-32-38-54(39-33-51)64-57-27-15-12-24-48(57)42-60(64)45-20-8-3-9-21-45/h1-42H/i10D,11D,12D,13D,14D,15D,22D,23D,24D,25D,26D,27D. The van der Waals surface area contributed by atoms with Crippen molar-refractivity contribution < 1.29 is 16.4 Å². The summed E-state index contributed by atoms with van der Waals surface area (Å²) in [6.07, 6.45) is 0. The Morgan fingerprint density at radius 2 is 0.562 bits per heavy atom. The van der Waals surface area contributed by atoms with Crippen LogP contribution in [0, 0.1) is 0 Å². The summed E-state index contributed by atoms with van der Waals surface area (Å²) in [6.45, 7) is 0. The van der Waals surface area contributed by atoms with Gasteiger partial charge >= 0.3 is 0 Å². The molecule has 3 aromatic heterocycles. The fourth-order valence-corrected chi connectivity index (χ4v) is 8.72. The molecule has 4 nitrogen and oxygen atoms in total. The maximum atomic E-state index is 9.06. The highest BCUT2D eigenvalue weighted by atomic mass is 15.1. The van der Waals surface area contributed by atoms with Crippen molar-refractivity contribution in [3.05, 3.63) is 255 Å². The summed E-state index contributed by atoms with van der Waals surface area (Å²) in [5.74, 6) is 0. The zero-order chi connectivity index (χ0) is 52.8. The van der Waals surface area contributed by atoms with Gasteiger partial charge in [0.25, 0.3) is 0 Å². The summed E-state index contributed by atoms with van der Waals surface area (Å²) in [5, 5.41) is 1.16. The molecular formula is C60H42N4. The van der Waals surface area contributed by atoms with E-state index in [4.69, 9.17) is 16.4 Å². The van der Waals surface area contributed by atoms with E-state index in [0.717, 1.165) is 33.8 Å². The van der Waals surface area contributed by atoms with Gasteiger partial charge in [0.2, 0.25) is 0 Å². The minimum atomic E-state index is -0.334. The maximum Gasteiger partial charge on any atom is 0.0645 e. The Morgan fingerprint density at radius 3 is 0.844 bits per heavy atom. The molecule has 0 fully saturated rings. The predicted molar refractivity (Wildman–Crippen MR) is 268 cm³/mol. The summed E-state index contributed by atoms with van der Waals surface area (Å²) in [6, 6.07) is 54.5. The number of aromatic nitrogens is 3. The Kier molecular flexibility index (Phi) is 6.54. The van der Waals surface area contributed by atoms with Crippen molar-refractivity contribution in [2.75, 3.05) is 4.90 Å². The molecule has 0 N–H and O–H groups in total. The highest BCUT2D eigenvalue weighted by molar-refractivity contribution is 5.92. The summed E-state index contributed by atoms with van der Waals surface area (Å²) in [7, 11) is 0. The van der Waals surface area contributed by atoms with Gasteiger partial charge in [-0.2, -0.15) is 0 Å². The summed E-state index contributed by atoms with van der Waals surface area (Å²) in [4.78, 5) is 2.05. The number of fused-ring (bicyclic) bond motifs is 3. The molecule has 3 heterocycles. The summed E-state index contributed by atoms with van der Waals surface area (Å²) in [5.41, 5.74) is 9.70. The van der Waals surface area contributed by atoms with Crippen LogP contribution in [0.2, 0.25) is 0 Å². The zero-order valence-electron chi connectivity index (χ0n) is 46.1. The molecule has 0 spiro atoms. The molecule has 0 aliphatic carbocycles. The van der Waals surface area contributed by atoms with Gasteiger partial charge in [0.1, 0.15) is 0 Å². The monoisotopic (exact) mass is 830 g/mol. The van der Waals surface area contributed by atoms with Gasteiger partial charge in [-0.1, -0.05) is 145 Å². The average molecular weight is 831 g/mol. The third-order valence-corrected chi connectivity index (χ3v) is 11.6. The first-order chi connectivity index (χ1) is 36.7. The van der Waals surface area contributed by atoms with Crippen molar-refractivity contribution in [1.82, 2.24) is 13.7 Å². The van der Waals surface area contributed by atoms with E-state index in [2.05, 4.69) is 0 Å². The second-order valence-electron chi connectivity index (χ2n) is 15.4. The Bertz CT molecular complexity index is 3830. The molecule has 0 bridgehead atoms. The van der Waals surface area contributed by atoms with E-state index in [9.17, 15) is 0 Å². The molecule has 0 unspecified atom stereocenters. The van der Waals surface area contributed by atoms with Crippen molar-refractivity contribution in [2.24, 2.45) is 0 Å². The van der Waals surface area contributed by atoms with Gasteiger partial charge in [-0.3, -0.25) is 0 Å². The third-order valence-electron chi connectivity index (χ3n) is 11.6. The fraction of sp³-hybridized carbons (Fsp3) is 0. The van der Waals surface area contributed by atoms with E-state index in [1.54, 1.807) is 18.2 Å². The lowest BCUT2D eigenvalue weighted by Crippen LogP contribution is -2.11. The van der Waals surface area contributed by atoms with Crippen LogP contribution in [0.15, 0.2) is 255 Å². The first-order valence-corrected chi connectivity index (χ1v) is 20.9. The van der Waals surface area contributed by atoms with Gasteiger partial charge in [0.05, 0.1) is 50.1 Å². The molecule has 9 aromatic carbocycles. The lowest BCUT2D eigenvalue weighted by molar-refractivity contribution is 1.12. The van der Waals surface area contributed by atoms with Crippen LogP contribution in [-0.4, -0.2) is 13.7 Å². The second kappa shape index (κ2) is 15.7. The lowest BCUT2D eigenvalue weighted by atomic mass is 10.1. The SMILES string of the molecule is [2H]c1c([2H])c([2H])c2c(cc(-c3ccccc3)n2-c2ccc(N(c3ccc(-n4c(-c5ccccc5)cc5c([2H])c([2H])c([2H])c([2H])c54)cc3)c3ccc(-n4c(-c5ccccc5)cc5c([2H])c([2H])c([2H])c([2H])c54)cc3)cc2)c1[2H]. The lowest BCUT2D eigenvalue weighted by Gasteiger charge is -2.27. The van der Waals surface area contributed by atoms with E-state index in [0.29, 0.717) is 66.9 Å². The van der Waals surface area contributed by atoms with Crippen LogP contribution < -0.4 is 4.90 Å². The molecular weight excluding hydrogens is 777 g/mol. The van der Waals surface area contributed by atoms with Crippen LogP contribution in [0.4, 0.5) is 17.1 Å². The molecule has 0 saturated heterocycles. The molecule has 0 radical (unpaired) electrons. The van der Waals surface area contributed by atoms with Gasteiger partial charge in [-0.25, -0.2) is 0 Å². The minimum Gasteiger partial charge on any atom is -0.310 e. The van der Waals surface area contributed by atoms with E-state index in [1.807, 2.05) is 182 Å². The molecule has 12 rings (SSSR count). The minimum absolute atomic E-state index is 0.130. The molecule has 4 heteroatoms. The largest absolute Gasteiger partial charge is 0.310 e. The van der Waals surface area contributed by atoms with Gasteiger partial charge in [0, 0.05) is 50.3 Å². The van der Waals surface area contributed by atoms with Crippen LogP contribution >= 0.6 is 0 Å². The number of nitrogens with zero attached hydrogens (tertiary/aromatic N) is 4. The molecule has 12 aromatic rings. The topological polar surface area (TPSA) is 18.0 Å². The van der Waals surface area contributed by atoms with Gasteiger partial charge < -0.3 is 18.6 Å². The fourth-order valence-electron chi connectivity index (χ4n) is 8.72. The van der Waals surface area contributed by atoms with Crippen LogP contribution in [-0.2, 0) is 0 Å². The number of hydrogen-bond donors (Lipinski definition) is 0. The van der Waals surface area contributed by atoms with E-state index >= 15 is 0 Å². The van der Waals surface area contributed by atoms with Crippen LogP contribution in [0.3, 0.4) is 0 Å². The molecule has 0 aliphatic heterocycles. The Morgan fingerprint density at radius 1 is 0.297 bits per heavy atom. The first kappa shape index (κ1) is 26.7. The van der Waals surface area contributed by atoms with Gasteiger partial charge in [-0.15, -0.1) is 0 Å². The van der Waals surface area contributed by atoms with Crippen molar-refractivity contribution in [2.45, 2.75) is 0 Å². The number of para-hydroxylation sites is 3. The van der Waals surface area contributed by atoms with Gasteiger partial charge in [0.15, 0.2) is 0 Å². The van der Waals surface area contributed by atoms with E-state index in [1.165, 1.54) is 0 Å². The number of anilines is 3. The third kappa shape index (κ3) is 6.48. The van der Waals surface area contributed by atoms with Crippen LogP contribution in [0.1, 0.15) is 16.4 Å². The highest BCUT2D eigenvalue weighted by Crippen LogP contribution is 2.40. The summed E-state index contributed by atoms with van der Waals surface area (Å²) >= 11 is 0. The Labute approximate surface area is 389 Å². The normalized spacial score (nSPS) is 14.1. The highest BCUT2D eigenvalue weighted by Gasteiger charge is 2.19. The molecule has 0 atom stereocenters. The summed E-state index contributed by atoms with van der Waals surface area (Å²) < 4.78 is 111. The maximum absolute atomic E-state index is 9.06. The van der Waals surface area contributed by atoms with Crippen LogP contribution in [0.25, 0.3) is 83.5 Å². The second-order valence-corrected chi connectivity index (χ2v) is 15.4. The molecule has 0 saturated carbocycles. The average Bonchev–Trinajstić information content (AvgIpc) is 4.20. The quantitative estimate of drug-likeness (QED) is 0.142. The smallest absolute Gasteiger partial charge is 0.0645 e. The Balaban J connectivity index is 1.04. The first-order valence-electron chi connectivity index (χ1n) is 26.9. The van der Waals surface area contributed by atoms with E-state index in [-0.39, 0.29) is 72.5 Å². The molecule has 0 aliphatic rings. The molecule has 302 valence electrons. The Hall–Kier alpha value is -8.60. The number of benzene rings is 9. The van der Waals surface area contributed by atoms with Crippen molar-refractivity contribution in [1.29, 1.82) is 0 Å². The number of hydrogen-bond acceptors (Lipinski definition) is 1. The van der Waals surface area contributed by atoms with Gasteiger partial charge in [-0.05, 0) is 126 Å². The number of rotatable bonds is 9. The van der Waals surface area contributed by atoms with Crippen molar-refractivity contribution in [3.63, 3.8) is 0 Å². The van der Waals surface area contributed by atoms with Crippen LogP contribution in [0.5, 0.6) is 0 Å². The van der Waals surface area contributed by atoms with Crippen molar-refractivity contribution >= 4 is 49.8 Å².